The Labute approximate surface area is 192 Å². The molecule has 2 aliphatic heterocycles. The quantitative estimate of drug-likeness (QED) is 0.590. The molecule has 0 unspecified atom stereocenters. The molecule has 1 spiro atoms. The molecule has 1 aromatic heterocycles. The number of rotatable bonds is 5. The fourth-order valence-electron chi connectivity index (χ4n) is 4.82. The summed E-state index contributed by atoms with van der Waals surface area (Å²) in [6.45, 7) is 3.71. The monoisotopic (exact) mass is 457 g/mol. The van der Waals surface area contributed by atoms with Crippen LogP contribution in [0.5, 0.6) is 5.75 Å². The van der Waals surface area contributed by atoms with Crippen LogP contribution in [-0.2, 0) is 4.74 Å². The average molecular weight is 458 g/mol. The van der Waals surface area contributed by atoms with E-state index in [1.807, 2.05) is 0 Å². The van der Waals surface area contributed by atoms with Crippen LogP contribution in [0.4, 0.5) is 5.82 Å². The van der Waals surface area contributed by atoms with Gasteiger partial charge in [0.2, 0.25) is 0 Å². The molecule has 5 N–H and O–H groups in total. The van der Waals surface area contributed by atoms with Gasteiger partial charge in [-0.25, -0.2) is 4.79 Å². The van der Waals surface area contributed by atoms with E-state index in [1.54, 1.807) is 36.1 Å². The third-order valence-electron chi connectivity index (χ3n) is 6.56. The molecule has 2 fully saturated rings. The number of anilines is 1. The molecule has 2 saturated heterocycles. The first-order valence-electron chi connectivity index (χ1n) is 11.2. The van der Waals surface area contributed by atoms with E-state index in [0.717, 1.165) is 0 Å². The first-order valence-corrected chi connectivity index (χ1v) is 11.2. The lowest BCUT2D eigenvalue weighted by atomic mass is 9.75. The molecule has 0 saturated carbocycles. The van der Waals surface area contributed by atoms with Crippen molar-refractivity contribution in [3.05, 3.63) is 52.6 Å². The van der Waals surface area contributed by atoms with E-state index in [2.05, 4.69) is 4.98 Å². The van der Waals surface area contributed by atoms with E-state index in [4.69, 9.17) is 20.9 Å². The third kappa shape index (κ3) is 4.87. The van der Waals surface area contributed by atoms with Crippen LogP contribution >= 0.6 is 0 Å². The summed E-state index contributed by atoms with van der Waals surface area (Å²) in [5.41, 5.74) is 9.38. The van der Waals surface area contributed by atoms with Crippen molar-refractivity contribution >= 4 is 11.7 Å². The van der Waals surface area contributed by atoms with Crippen molar-refractivity contribution in [2.24, 2.45) is 5.73 Å². The summed E-state index contributed by atoms with van der Waals surface area (Å²) in [4.78, 5) is 30.9. The number of hydrogen-bond donors (Lipinski definition) is 3. The topological polar surface area (TPSA) is 146 Å². The molecule has 1 aromatic carbocycles. The Balaban J connectivity index is 1.41. The van der Waals surface area contributed by atoms with Crippen LogP contribution in [0.1, 0.15) is 42.6 Å². The molecule has 2 atom stereocenters. The number of hydrogen-bond acceptors (Lipinski definition) is 8. The number of amides is 1. The van der Waals surface area contributed by atoms with Crippen molar-refractivity contribution in [3.8, 4) is 5.75 Å². The van der Waals surface area contributed by atoms with Crippen LogP contribution < -0.4 is 21.9 Å². The van der Waals surface area contributed by atoms with Gasteiger partial charge in [0, 0.05) is 37.8 Å². The highest BCUT2D eigenvalue weighted by Crippen LogP contribution is 2.43. The number of aromatic nitrogens is 2. The van der Waals surface area contributed by atoms with E-state index in [9.17, 15) is 14.7 Å². The lowest BCUT2D eigenvalue weighted by molar-refractivity contribution is -0.195. The van der Waals surface area contributed by atoms with Crippen molar-refractivity contribution in [1.29, 1.82) is 0 Å². The van der Waals surface area contributed by atoms with Gasteiger partial charge >= 0.3 is 5.69 Å². The van der Waals surface area contributed by atoms with Gasteiger partial charge < -0.3 is 30.9 Å². The lowest BCUT2D eigenvalue weighted by Crippen LogP contribution is -2.59. The molecule has 0 bridgehead atoms. The maximum Gasteiger partial charge on any atom is 0.349 e. The summed E-state index contributed by atoms with van der Waals surface area (Å²) >= 11 is 0. The second-order valence-electron chi connectivity index (χ2n) is 9.04. The third-order valence-corrected chi connectivity index (χ3v) is 6.56. The van der Waals surface area contributed by atoms with Gasteiger partial charge in [-0.1, -0.05) is 6.07 Å². The Bertz CT molecular complexity index is 1060. The number of nitrogen functional groups attached to an aromatic ring is 1. The average Bonchev–Trinajstić information content (AvgIpc) is 2.78. The number of carbonyl (C=O) groups is 1. The number of carbonyl (C=O) groups excluding carboxylic acids is 1. The second kappa shape index (κ2) is 9.12. The number of ether oxygens (including phenoxy) is 2. The predicted octanol–water partition coefficient (Wildman–Crippen LogP) is 0.550. The zero-order valence-corrected chi connectivity index (χ0v) is 18.8. The fraction of sp³-hybridized carbons (Fsp3) is 0.522. The van der Waals surface area contributed by atoms with Crippen LogP contribution in [0.15, 0.2) is 41.3 Å². The summed E-state index contributed by atoms with van der Waals surface area (Å²) in [7, 11) is 0. The van der Waals surface area contributed by atoms with Crippen molar-refractivity contribution in [2.75, 3.05) is 38.6 Å². The first kappa shape index (κ1) is 23.2. The molecule has 2 aliphatic rings. The normalized spacial score (nSPS) is 24.6. The Morgan fingerprint density at radius 2 is 2.09 bits per heavy atom. The number of nitrogens with two attached hydrogens (primary N) is 2. The van der Waals surface area contributed by atoms with Crippen molar-refractivity contribution in [3.63, 3.8) is 0 Å². The summed E-state index contributed by atoms with van der Waals surface area (Å²) in [6.07, 6.45) is 3.09. The highest BCUT2D eigenvalue weighted by molar-refractivity contribution is 5.94. The first-order chi connectivity index (χ1) is 15.7. The minimum absolute atomic E-state index is 0.0667. The Morgan fingerprint density at radius 3 is 2.76 bits per heavy atom. The molecular weight excluding hydrogens is 426 g/mol. The Morgan fingerprint density at radius 1 is 1.33 bits per heavy atom. The van der Waals surface area contributed by atoms with Crippen LogP contribution in [0, 0.1) is 0 Å². The molecule has 10 heteroatoms. The molecule has 0 radical (unpaired) electrons. The van der Waals surface area contributed by atoms with Gasteiger partial charge in [0.25, 0.3) is 5.91 Å². The minimum Gasteiger partial charge on any atom is -0.492 e. The summed E-state index contributed by atoms with van der Waals surface area (Å²) in [6, 6.07) is 8.05. The lowest BCUT2D eigenvalue weighted by Gasteiger charge is -2.51. The highest BCUT2D eigenvalue weighted by Gasteiger charge is 2.50. The van der Waals surface area contributed by atoms with Gasteiger partial charge in [-0.3, -0.25) is 9.36 Å². The van der Waals surface area contributed by atoms with Crippen molar-refractivity contribution in [2.45, 2.75) is 43.4 Å². The molecule has 3 heterocycles. The van der Waals surface area contributed by atoms with Gasteiger partial charge in [-0.05, 0) is 44.0 Å². The van der Waals surface area contributed by atoms with Crippen LogP contribution in [0.2, 0.25) is 0 Å². The van der Waals surface area contributed by atoms with Gasteiger partial charge in [0.15, 0.2) is 0 Å². The van der Waals surface area contributed by atoms with Gasteiger partial charge in [-0.15, -0.1) is 0 Å². The summed E-state index contributed by atoms with van der Waals surface area (Å²) in [5, 5.41) is 11.3. The molecule has 178 valence electrons. The maximum atomic E-state index is 13.0. The highest BCUT2D eigenvalue weighted by atomic mass is 16.5. The fourth-order valence-corrected chi connectivity index (χ4v) is 4.82. The van der Waals surface area contributed by atoms with Crippen LogP contribution in [-0.4, -0.2) is 69.5 Å². The van der Waals surface area contributed by atoms with Crippen LogP contribution in [0.25, 0.3) is 0 Å². The number of benzene rings is 1. The predicted molar refractivity (Wildman–Crippen MR) is 122 cm³/mol. The van der Waals surface area contributed by atoms with E-state index in [1.165, 1.54) is 16.8 Å². The number of piperidine rings is 1. The van der Waals surface area contributed by atoms with Gasteiger partial charge in [-0.2, -0.15) is 4.98 Å². The molecule has 2 aromatic rings. The molecular formula is C23H31N5O5. The second-order valence-corrected chi connectivity index (χ2v) is 9.04. The Hall–Kier alpha value is -2.95. The largest absolute Gasteiger partial charge is 0.492 e. The zero-order chi connectivity index (χ0) is 23.6. The zero-order valence-electron chi connectivity index (χ0n) is 18.8. The minimum atomic E-state index is -1.18. The van der Waals surface area contributed by atoms with Crippen LogP contribution in [0.3, 0.4) is 0 Å². The molecule has 1 amide bonds. The standard InChI is InChI=1S/C23H31N5O5/c1-22(31)15-23(33-14-18(22)28-9-5-19(25)26-21(28)30)6-10-27(11-7-23)20(29)16-3-2-4-17(13-16)32-12-8-24/h2-5,9,13,18,31H,6-8,10-12,14-15,24H2,1H3,(H2,25,26,30)/t18-,22-/m1/s1. The SMILES string of the molecule is C[C@@]1(O)CC2(CCN(C(=O)c3cccc(OCCN)c3)CC2)OC[C@H]1n1ccc(N)nc1=O. The number of aliphatic hydroxyl groups is 1. The van der Waals surface area contributed by atoms with E-state index >= 15 is 0 Å². The van der Waals surface area contributed by atoms with E-state index in [-0.39, 0.29) is 18.3 Å². The van der Waals surface area contributed by atoms with Crippen molar-refractivity contribution < 1.29 is 19.4 Å². The summed E-state index contributed by atoms with van der Waals surface area (Å²) in [5.74, 6) is 0.686. The summed E-state index contributed by atoms with van der Waals surface area (Å²) < 4.78 is 13.1. The molecule has 4 rings (SSSR count). The molecule has 0 aliphatic carbocycles. The van der Waals surface area contributed by atoms with E-state index < -0.39 is 22.9 Å². The Kier molecular flexibility index (Phi) is 6.42. The molecule has 33 heavy (non-hydrogen) atoms. The number of nitrogens with zero attached hydrogens (tertiary/aromatic N) is 3. The van der Waals surface area contributed by atoms with Gasteiger partial charge in [0.05, 0.1) is 23.9 Å². The smallest absolute Gasteiger partial charge is 0.349 e. The van der Waals surface area contributed by atoms with E-state index in [0.29, 0.717) is 56.8 Å². The van der Waals surface area contributed by atoms with Gasteiger partial charge in [0.1, 0.15) is 18.2 Å². The maximum absolute atomic E-state index is 13.0. The number of likely N-dealkylation sites (tertiary alicyclic amines) is 1. The molecule has 10 nitrogen and oxygen atoms in total. The van der Waals surface area contributed by atoms with Crippen molar-refractivity contribution in [1.82, 2.24) is 14.5 Å².